The number of aromatic amines is 1. The SMILES string of the molecule is O=c1[nH]cc(-c2ccc3nc4c(n3c2)[C@@H](c2cc(Cl)ccc2OC(F)F)C[C@H]4O)cc1F. The number of nitrogens with zero attached hydrogens (tertiary/aromatic N) is 2. The molecule has 3 heterocycles. The molecule has 0 amide bonds. The first-order valence-corrected chi connectivity index (χ1v) is 10.0. The fourth-order valence-corrected chi connectivity index (χ4v) is 4.36. The number of H-pyrrole nitrogens is 1. The van der Waals surface area contributed by atoms with E-state index in [1.54, 1.807) is 22.7 Å². The first-order valence-electron chi connectivity index (χ1n) is 9.64. The van der Waals surface area contributed by atoms with E-state index in [0.29, 0.717) is 38.7 Å². The number of ether oxygens (including phenoxy) is 1. The lowest BCUT2D eigenvalue weighted by molar-refractivity contribution is -0.0506. The van der Waals surface area contributed by atoms with E-state index >= 15 is 0 Å². The Hall–Kier alpha value is -3.30. The number of fused-ring (bicyclic) bond motifs is 3. The molecule has 1 aliphatic carbocycles. The van der Waals surface area contributed by atoms with Crippen molar-refractivity contribution in [1.29, 1.82) is 0 Å². The number of benzene rings is 1. The van der Waals surface area contributed by atoms with Crippen LogP contribution in [0.2, 0.25) is 5.02 Å². The van der Waals surface area contributed by atoms with Gasteiger partial charge in [-0.1, -0.05) is 11.6 Å². The van der Waals surface area contributed by atoms with Gasteiger partial charge in [-0.2, -0.15) is 8.78 Å². The molecule has 0 saturated carbocycles. The van der Waals surface area contributed by atoms with E-state index in [2.05, 4.69) is 9.97 Å². The summed E-state index contributed by atoms with van der Waals surface area (Å²) >= 11 is 6.13. The minimum absolute atomic E-state index is 0.0386. The number of nitrogens with one attached hydrogen (secondary N) is 1. The quantitative estimate of drug-likeness (QED) is 0.463. The second-order valence-corrected chi connectivity index (χ2v) is 7.89. The zero-order valence-electron chi connectivity index (χ0n) is 16.2. The van der Waals surface area contributed by atoms with Gasteiger partial charge in [0.1, 0.15) is 11.4 Å². The van der Waals surface area contributed by atoms with Crippen molar-refractivity contribution in [3.63, 3.8) is 0 Å². The van der Waals surface area contributed by atoms with Crippen LogP contribution in [0.25, 0.3) is 16.8 Å². The number of halogens is 4. The van der Waals surface area contributed by atoms with E-state index in [4.69, 9.17) is 16.3 Å². The van der Waals surface area contributed by atoms with Crippen LogP contribution < -0.4 is 10.3 Å². The highest BCUT2D eigenvalue weighted by atomic mass is 35.5. The number of aliphatic hydroxyl groups excluding tert-OH is 1. The van der Waals surface area contributed by atoms with Gasteiger partial charge in [0, 0.05) is 40.0 Å². The lowest BCUT2D eigenvalue weighted by Gasteiger charge is -2.18. The van der Waals surface area contributed by atoms with Gasteiger partial charge in [-0.3, -0.25) is 4.79 Å². The Morgan fingerprint density at radius 3 is 2.78 bits per heavy atom. The summed E-state index contributed by atoms with van der Waals surface area (Å²) in [6.45, 7) is -3.02. The van der Waals surface area contributed by atoms with E-state index < -0.39 is 30.0 Å². The molecule has 32 heavy (non-hydrogen) atoms. The fraction of sp³-hybridized carbons (Fsp3) is 0.182. The molecule has 0 bridgehead atoms. The maximum atomic E-state index is 13.8. The molecule has 0 fully saturated rings. The van der Waals surface area contributed by atoms with Crippen molar-refractivity contribution in [2.75, 3.05) is 0 Å². The summed E-state index contributed by atoms with van der Waals surface area (Å²) < 4.78 is 46.1. The molecule has 2 N–H and O–H groups in total. The highest BCUT2D eigenvalue weighted by molar-refractivity contribution is 6.30. The first kappa shape index (κ1) is 20.6. The smallest absolute Gasteiger partial charge is 0.387 e. The van der Waals surface area contributed by atoms with Gasteiger partial charge in [0.15, 0.2) is 5.82 Å². The predicted molar refractivity (Wildman–Crippen MR) is 111 cm³/mol. The van der Waals surface area contributed by atoms with Gasteiger partial charge < -0.3 is 19.2 Å². The minimum Gasteiger partial charge on any atom is -0.435 e. The Balaban J connectivity index is 1.68. The van der Waals surface area contributed by atoms with Crippen molar-refractivity contribution in [2.45, 2.75) is 25.1 Å². The number of aromatic nitrogens is 3. The van der Waals surface area contributed by atoms with Gasteiger partial charge in [0.25, 0.3) is 5.56 Å². The summed E-state index contributed by atoms with van der Waals surface area (Å²) in [7, 11) is 0. The van der Waals surface area contributed by atoms with Gasteiger partial charge in [0.05, 0.1) is 17.5 Å². The largest absolute Gasteiger partial charge is 0.435 e. The van der Waals surface area contributed by atoms with Gasteiger partial charge in [-0.25, -0.2) is 9.37 Å². The second kappa shape index (κ2) is 7.68. The van der Waals surface area contributed by atoms with Crippen LogP contribution >= 0.6 is 11.6 Å². The van der Waals surface area contributed by atoms with Gasteiger partial charge in [-0.05, 0) is 42.8 Å². The Kier molecular flexibility index (Phi) is 4.94. The molecule has 10 heteroatoms. The number of hydrogen-bond donors (Lipinski definition) is 2. The Morgan fingerprint density at radius 2 is 2.03 bits per heavy atom. The van der Waals surface area contributed by atoms with Crippen molar-refractivity contribution in [1.82, 2.24) is 14.4 Å². The lowest BCUT2D eigenvalue weighted by atomic mass is 9.95. The van der Waals surface area contributed by atoms with E-state index in [-0.39, 0.29) is 12.2 Å². The van der Waals surface area contributed by atoms with Crippen LogP contribution in [0.3, 0.4) is 0 Å². The van der Waals surface area contributed by atoms with Gasteiger partial charge in [0.2, 0.25) is 0 Å². The number of alkyl halides is 2. The molecule has 5 rings (SSSR count). The molecule has 1 aliphatic rings. The van der Waals surface area contributed by atoms with Crippen LogP contribution in [0.15, 0.2) is 53.6 Å². The third kappa shape index (κ3) is 3.43. The zero-order valence-corrected chi connectivity index (χ0v) is 17.0. The van der Waals surface area contributed by atoms with Crippen LogP contribution in [0.1, 0.15) is 35.4 Å². The van der Waals surface area contributed by atoms with Crippen molar-refractivity contribution < 1.29 is 23.0 Å². The average molecular weight is 462 g/mol. The van der Waals surface area contributed by atoms with Gasteiger partial charge in [-0.15, -0.1) is 0 Å². The fourth-order valence-electron chi connectivity index (χ4n) is 4.18. The van der Waals surface area contributed by atoms with Crippen LogP contribution in [0, 0.1) is 5.82 Å². The minimum atomic E-state index is -3.02. The Labute approximate surface area is 183 Å². The highest BCUT2D eigenvalue weighted by Crippen LogP contribution is 2.47. The second-order valence-electron chi connectivity index (χ2n) is 7.46. The molecule has 1 aromatic carbocycles. The van der Waals surface area contributed by atoms with Crippen molar-refractivity contribution in [2.24, 2.45) is 0 Å². The molecule has 0 unspecified atom stereocenters. The molecule has 0 aliphatic heterocycles. The van der Waals surface area contributed by atoms with E-state index in [0.717, 1.165) is 6.07 Å². The number of rotatable bonds is 4. The topological polar surface area (TPSA) is 79.6 Å². The zero-order chi connectivity index (χ0) is 22.6. The molecular weight excluding hydrogens is 447 g/mol. The summed E-state index contributed by atoms with van der Waals surface area (Å²) in [5, 5.41) is 11.0. The molecule has 164 valence electrons. The van der Waals surface area contributed by atoms with Crippen molar-refractivity contribution in [3.05, 3.63) is 86.9 Å². The third-order valence-electron chi connectivity index (χ3n) is 5.54. The van der Waals surface area contributed by atoms with Crippen LogP contribution in [-0.4, -0.2) is 26.1 Å². The van der Waals surface area contributed by atoms with Crippen LogP contribution in [-0.2, 0) is 0 Å². The molecule has 0 spiro atoms. The molecule has 4 aromatic rings. The lowest BCUT2D eigenvalue weighted by Crippen LogP contribution is -2.09. The molecule has 2 atom stereocenters. The van der Waals surface area contributed by atoms with Crippen molar-refractivity contribution in [3.8, 4) is 16.9 Å². The Morgan fingerprint density at radius 1 is 1.22 bits per heavy atom. The summed E-state index contributed by atoms with van der Waals surface area (Å²) in [5.74, 6) is -1.48. The molecule has 6 nitrogen and oxygen atoms in total. The molecular formula is C22H15ClF3N3O3. The number of pyridine rings is 2. The average Bonchev–Trinajstić information content (AvgIpc) is 3.28. The van der Waals surface area contributed by atoms with E-state index in [1.807, 2.05) is 0 Å². The van der Waals surface area contributed by atoms with Crippen molar-refractivity contribution >= 4 is 17.2 Å². The number of imidazole rings is 1. The first-order chi connectivity index (χ1) is 15.3. The maximum absolute atomic E-state index is 13.8. The van der Waals surface area contributed by atoms with E-state index in [1.165, 1.54) is 24.4 Å². The summed E-state index contributed by atoms with van der Waals surface area (Å²) in [6, 6.07) is 8.87. The third-order valence-corrected chi connectivity index (χ3v) is 5.78. The molecule has 3 aromatic heterocycles. The highest BCUT2D eigenvalue weighted by Gasteiger charge is 2.37. The normalized spacial score (nSPS) is 17.8. The summed E-state index contributed by atoms with van der Waals surface area (Å²) in [4.78, 5) is 18.2. The van der Waals surface area contributed by atoms with Crippen LogP contribution in [0.4, 0.5) is 13.2 Å². The molecule has 0 radical (unpaired) electrons. The number of aliphatic hydroxyl groups is 1. The maximum Gasteiger partial charge on any atom is 0.387 e. The molecule has 0 saturated heterocycles. The Bertz CT molecular complexity index is 1400. The standard InChI is InChI=1S/C22H15ClF3N3O3/c23-12-2-3-17(32-22(25)26)13(6-12)14-7-16(30)19-20(14)29-9-10(1-4-18(29)28-19)11-5-15(24)21(31)27-8-11/h1-6,8-9,14,16,22,30H,7H2,(H,27,31)/t14-,16-/m1/s1. The number of hydrogen-bond acceptors (Lipinski definition) is 4. The van der Waals surface area contributed by atoms with E-state index in [9.17, 15) is 23.1 Å². The summed E-state index contributed by atoms with van der Waals surface area (Å²) in [5.41, 5.74) is 2.13. The van der Waals surface area contributed by atoms with Gasteiger partial charge >= 0.3 is 6.61 Å². The predicted octanol–water partition coefficient (Wildman–Crippen LogP) is 4.65. The van der Waals surface area contributed by atoms with Crippen LogP contribution in [0.5, 0.6) is 5.75 Å². The monoisotopic (exact) mass is 461 g/mol. The summed E-state index contributed by atoms with van der Waals surface area (Å²) in [6.07, 6.45) is 2.37.